The third-order valence-electron chi connectivity index (χ3n) is 4.85. The highest BCUT2D eigenvalue weighted by atomic mass is 32.2. The summed E-state index contributed by atoms with van der Waals surface area (Å²) >= 11 is 0. The highest BCUT2D eigenvalue weighted by molar-refractivity contribution is 7.88. The van der Waals surface area contributed by atoms with Gasteiger partial charge in [0.1, 0.15) is 5.52 Å². The average Bonchev–Trinajstić information content (AvgIpc) is 3.34. The van der Waals surface area contributed by atoms with Crippen LogP contribution < -0.4 is 10.6 Å². The van der Waals surface area contributed by atoms with E-state index in [9.17, 15) is 13.2 Å². The molecule has 1 saturated carbocycles. The number of carbonyl (C=O) groups is 1. The van der Waals surface area contributed by atoms with E-state index in [4.69, 9.17) is 4.42 Å². The molecule has 9 heteroatoms. The van der Waals surface area contributed by atoms with Crippen LogP contribution in [0.5, 0.6) is 0 Å². The molecular formula is C17H22N4O4S. The molecule has 1 aliphatic carbocycles. The zero-order valence-electron chi connectivity index (χ0n) is 14.6. The molecule has 8 nitrogen and oxygen atoms in total. The number of fused-ring (bicyclic) bond motifs is 1. The molecule has 0 atom stereocenters. The predicted molar refractivity (Wildman–Crippen MR) is 97.6 cm³/mol. The Morgan fingerprint density at radius 1 is 1.23 bits per heavy atom. The molecule has 0 spiro atoms. The number of rotatable bonds is 4. The van der Waals surface area contributed by atoms with Crippen LogP contribution in [-0.4, -0.2) is 49.1 Å². The van der Waals surface area contributed by atoms with Crippen molar-refractivity contribution in [3.8, 4) is 0 Å². The summed E-state index contributed by atoms with van der Waals surface area (Å²) < 4.78 is 30.3. The highest BCUT2D eigenvalue weighted by Gasteiger charge is 2.29. The van der Waals surface area contributed by atoms with Crippen LogP contribution in [0.1, 0.15) is 37.5 Å². The number of piperidine rings is 1. The van der Waals surface area contributed by atoms with E-state index in [1.54, 1.807) is 12.1 Å². The molecule has 1 saturated heterocycles. The molecule has 2 aliphatic rings. The summed E-state index contributed by atoms with van der Waals surface area (Å²) in [5, 5.41) is 5.71. The van der Waals surface area contributed by atoms with Gasteiger partial charge in [0.15, 0.2) is 11.5 Å². The first-order valence-electron chi connectivity index (χ1n) is 8.81. The number of oxazole rings is 1. The van der Waals surface area contributed by atoms with Gasteiger partial charge in [0.2, 0.25) is 10.0 Å². The Balaban J connectivity index is 1.34. The molecule has 1 aromatic heterocycles. The SMILES string of the molecule is CS(=O)(=O)N1CCC(NC(=O)Nc2ccc3nc(C4CC4)oc3c2)CC1. The summed E-state index contributed by atoms with van der Waals surface area (Å²) in [7, 11) is -3.16. The van der Waals surface area contributed by atoms with Gasteiger partial charge >= 0.3 is 6.03 Å². The van der Waals surface area contributed by atoms with Crippen molar-refractivity contribution in [1.82, 2.24) is 14.6 Å². The molecule has 1 aliphatic heterocycles. The van der Waals surface area contributed by atoms with Crippen molar-refractivity contribution in [2.45, 2.75) is 37.6 Å². The van der Waals surface area contributed by atoms with Crippen LogP contribution in [0.15, 0.2) is 22.6 Å². The van der Waals surface area contributed by atoms with Crippen LogP contribution in [0.3, 0.4) is 0 Å². The van der Waals surface area contributed by atoms with Gasteiger partial charge in [0, 0.05) is 36.8 Å². The number of hydrogen-bond donors (Lipinski definition) is 2. The molecule has 2 aromatic rings. The number of anilines is 1. The first-order chi connectivity index (χ1) is 12.4. The minimum absolute atomic E-state index is 0.0384. The molecule has 0 bridgehead atoms. The summed E-state index contributed by atoms with van der Waals surface area (Å²) in [6.07, 6.45) is 4.66. The lowest BCUT2D eigenvalue weighted by Gasteiger charge is -2.30. The smallest absolute Gasteiger partial charge is 0.319 e. The number of sulfonamides is 1. The third-order valence-corrected chi connectivity index (χ3v) is 6.15. The zero-order chi connectivity index (χ0) is 18.3. The maximum atomic E-state index is 12.2. The Labute approximate surface area is 152 Å². The topological polar surface area (TPSA) is 105 Å². The minimum atomic E-state index is -3.16. The Morgan fingerprint density at radius 2 is 1.96 bits per heavy atom. The van der Waals surface area contributed by atoms with Crippen LogP contribution in [0.4, 0.5) is 10.5 Å². The van der Waals surface area contributed by atoms with Gasteiger partial charge in [0.25, 0.3) is 0 Å². The highest BCUT2D eigenvalue weighted by Crippen LogP contribution is 2.40. The van der Waals surface area contributed by atoms with Crippen molar-refractivity contribution in [3.63, 3.8) is 0 Å². The van der Waals surface area contributed by atoms with Crippen LogP contribution in [0.2, 0.25) is 0 Å². The summed E-state index contributed by atoms with van der Waals surface area (Å²) in [5.41, 5.74) is 2.11. The van der Waals surface area contributed by atoms with Gasteiger partial charge < -0.3 is 15.1 Å². The zero-order valence-corrected chi connectivity index (χ0v) is 15.4. The van der Waals surface area contributed by atoms with Crippen LogP contribution >= 0.6 is 0 Å². The van der Waals surface area contributed by atoms with E-state index >= 15 is 0 Å². The predicted octanol–water partition coefficient (Wildman–Crippen LogP) is 2.25. The summed E-state index contributed by atoms with van der Waals surface area (Å²) in [6.45, 7) is 0.857. The fourth-order valence-electron chi connectivity index (χ4n) is 3.21. The van der Waals surface area contributed by atoms with Gasteiger partial charge in [-0.25, -0.2) is 22.5 Å². The normalized spacial score (nSPS) is 19.6. The first kappa shape index (κ1) is 17.3. The molecule has 2 heterocycles. The maximum absolute atomic E-state index is 12.2. The largest absolute Gasteiger partial charge is 0.440 e. The maximum Gasteiger partial charge on any atom is 0.319 e. The number of hydrogen-bond acceptors (Lipinski definition) is 5. The molecule has 26 heavy (non-hydrogen) atoms. The lowest BCUT2D eigenvalue weighted by molar-refractivity contribution is 0.238. The van der Waals surface area contributed by atoms with E-state index in [1.165, 1.54) is 10.6 Å². The van der Waals surface area contributed by atoms with Gasteiger partial charge in [-0.05, 0) is 37.8 Å². The van der Waals surface area contributed by atoms with Gasteiger partial charge in [-0.1, -0.05) is 0 Å². The van der Waals surface area contributed by atoms with E-state index < -0.39 is 10.0 Å². The number of carbonyl (C=O) groups excluding carboxylic acids is 1. The quantitative estimate of drug-likeness (QED) is 0.849. The lowest BCUT2D eigenvalue weighted by atomic mass is 10.1. The fraction of sp³-hybridized carbons (Fsp3) is 0.529. The second-order valence-corrected chi connectivity index (χ2v) is 9.03. The van der Waals surface area contributed by atoms with Crippen LogP contribution in [0, 0.1) is 0 Å². The first-order valence-corrected chi connectivity index (χ1v) is 10.7. The molecule has 2 amide bonds. The monoisotopic (exact) mass is 378 g/mol. The Morgan fingerprint density at radius 3 is 2.62 bits per heavy atom. The van der Waals surface area contributed by atoms with Crippen molar-refractivity contribution in [3.05, 3.63) is 24.1 Å². The van der Waals surface area contributed by atoms with Crippen LogP contribution in [0.25, 0.3) is 11.1 Å². The van der Waals surface area contributed by atoms with E-state index in [-0.39, 0.29) is 12.1 Å². The van der Waals surface area contributed by atoms with Gasteiger partial charge in [-0.2, -0.15) is 0 Å². The summed E-state index contributed by atoms with van der Waals surface area (Å²) in [4.78, 5) is 16.7. The number of amides is 2. The van der Waals surface area contributed by atoms with Gasteiger partial charge in [-0.15, -0.1) is 0 Å². The molecule has 2 N–H and O–H groups in total. The molecule has 4 rings (SSSR count). The number of benzene rings is 1. The van der Waals surface area contributed by atoms with Gasteiger partial charge in [-0.3, -0.25) is 0 Å². The van der Waals surface area contributed by atoms with Crippen molar-refractivity contribution < 1.29 is 17.6 Å². The molecule has 0 radical (unpaired) electrons. The summed E-state index contributed by atoms with van der Waals surface area (Å²) in [5.74, 6) is 1.22. The van der Waals surface area contributed by atoms with E-state index in [0.29, 0.717) is 43.1 Å². The molecular weight excluding hydrogens is 356 g/mol. The Kier molecular flexibility index (Phi) is 4.36. The third kappa shape index (κ3) is 3.83. The molecule has 2 fully saturated rings. The van der Waals surface area contributed by atoms with E-state index in [1.807, 2.05) is 6.07 Å². The second-order valence-electron chi connectivity index (χ2n) is 7.04. The van der Waals surface area contributed by atoms with Crippen LogP contribution in [-0.2, 0) is 10.0 Å². The van der Waals surface area contributed by atoms with Crippen molar-refractivity contribution in [2.24, 2.45) is 0 Å². The van der Waals surface area contributed by atoms with Crippen molar-refractivity contribution >= 4 is 32.8 Å². The average molecular weight is 378 g/mol. The number of nitrogens with zero attached hydrogens (tertiary/aromatic N) is 2. The van der Waals surface area contributed by atoms with Crippen molar-refractivity contribution in [1.29, 1.82) is 0 Å². The number of nitrogens with one attached hydrogen (secondary N) is 2. The number of urea groups is 1. The van der Waals surface area contributed by atoms with Gasteiger partial charge in [0.05, 0.1) is 6.26 Å². The minimum Gasteiger partial charge on any atom is -0.440 e. The fourth-order valence-corrected chi connectivity index (χ4v) is 4.08. The van der Waals surface area contributed by atoms with Crippen molar-refractivity contribution in [2.75, 3.05) is 24.7 Å². The Bertz CT molecular complexity index is 927. The second kappa shape index (κ2) is 6.55. The molecule has 140 valence electrons. The molecule has 0 unspecified atom stereocenters. The lowest BCUT2D eigenvalue weighted by Crippen LogP contribution is -2.47. The number of aromatic nitrogens is 1. The van der Waals surface area contributed by atoms with E-state index in [0.717, 1.165) is 24.2 Å². The molecule has 1 aromatic carbocycles. The van der Waals surface area contributed by atoms with E-state index in [2.05, 4.69) is 15.6 Å². The standard InChI is InChI=1S/C17H22N4O4S/c1-26(23,24)21-8-6-12(7-9-21)18-17(22)19-13-4-5-14-15(10-13)25-16(20-14)11-2-3-11/h4-5,10-12H,2-3,6-9H2,1H3,(H2,18,19,22). The summed E-state index contributed by atoms with van der Waals surface area (Å²) in [6, 6.07) is 5.07. The Hall–Kier alpha value is -2.13.